The van der Waals surface area contributed by atoms with E-state index in [0.717, 1.165) is 24.1 Å². The van der Waals surface area contributed by atoms with Gasteiger partial charge in [0.05, 0.1) is 11.5 Å². The molecule has 5 heteroatoms. The van der Waals surface area contributed by atoms with Gasteiger partial charge in [0.1, 0.15) is 0 Å². The summed E-state index contributed by atoms with van der Waals surface area (Å²) in [6.07, 6.45) is -2.21. The lowest BCUT2D eigenvalue weighted by Gasteiger charge is -2.33. The molecule has 0 saturated heterocycles. The van der Waals surface area contributed by atoms with Crippen molar-refractivity contribution < 1.29 is 23.1 Å². The summed E-state index contributed by atoms with van der Waals surface area (Å²) < 4.78 is 38.1. The van der Waals surface area contributed by atoms with Gasteiger partial charge in [-0.3, -0.25) is 4.79 Å². The summed E-state index contributed by atoms with van der Waals surface area (Å²) in [6.45, 7) is 3.69. The topological polar surface area (TPSA) is 37.3 Å². The van der Waals surface area contributed by atoms with Gasteiger partial charge in [0.15, 0.2) is 0 Å². The van der Waals surface area contributed by atoms with Crippen molar-refractivity contribution in [2.24, 2.45) is 11.8 Å². The molecule has 0 aliphatic heterocycles. The third-order valence-corrected chi connectivity index (χ3v) is 4.43. The number of aryl methyl sites for hydroxylation is 1. The Hall–Kier alpha value is -1.52. The SMILES string of the molecule is Cc1cc(C(F)(F)F)ccc1C1CC(C)CCC1C(=O)O. The number of alkyl halides is 3. The van der Waals surface area contributed by atoms with E-state index >= 15 is 0 Å². The van der Waals surface area contributed by atoms with Gasteiger partial charge in [0.2, 0.25) is 0 Å². The molecule has 0 heterocycles. The molecular formula is C16H19F3O2. The van der Waals surface area contributed by atoms with Crippen LogP contribution in [-0.2, 0) is 11.0 Å². The van der Waals surface area contributed by atoms with Crippen molar-refractivity contribution in [2.45, 2.75) is 45.2 Å². The molecule has 2 rings (SSSR count). The van der Waals surface area contributed by atoms with Crippen LogP contribution in [0.5, 0.6) is 0 Å². The van der Waals surface area contributed by atoms with Gasteiger partial charge in [-0.05, 0) is 61.3 Å². The van der Waals surface area contributed by atoms with Gasteiger partial charge >= 0.3 is 12.1 Å². The van der Waals surface area contributed by atoms with Crippen molar-refractivity contribution in [3.8, 4) is 0 Å². The highest BCUT2D eigenvalue weighted by molar-refractivity contribution is 5.71. The third kappa shape index (κ3) is 3.39. The quantitative estimate of drug-likeness (QED) is 0.865. The minimum absolute atomic E-state index is 0.200. The summed E-state index contributed by atoms with van der Waals surface area (Å²) in [5.41, 5.74) is 0.580. The summed E-state index contributed by atoms with van der Waals surface area (Å²) in [5, 5.41) is 9.35. The van der Waals surface area contributed by atoms with Gasteiger partial charge in [-0.2, -0.15) is 13.2 Å². The first-order valence-electron chi connectivity index (χ1n) is 7.10. The Morgan fingerprint density at radius 3 is 2.48 bits per heavy atom. The van der Waals surface area contributed by atoms with Crippen LogP contribution in [-0.4, -0.2) is 11.1 Å². The van der Waals surface area contributed by atoms with Crippen molar-refractivity contribution >= 4 is 5.97 Å². The van der Waals surface area contributed by atoms with E-state index in [9.17, 15) is 23.1 Å². The van der Waals surface area contributed by atoms with Gasteiger partial charge in [-0.1, -0.05) is 13.0 Å². The smallest absolute Gasteiger partial charge is 0.416 e. The Bertz CT molecular complexity index is 537. The minimum atomic E-state index is -4.37. The molecule has 0 bridgehead atoms. The van der Waals surface area contributed by atoms with E-state index < -0.39 is 23.6 Å². The molecule has 0 spiro atoms. The second-order valence-corrected chi connectivity index (χ2v) is 6.04. The Balaban J connectivity index is 2.37. The molecule has 1 aromatic carbocycles. The van der Waals surface area contributed by atoms with Gasteiger partial charge in [-0.25, -0.2) is 0 Å². The molecule has 0 radical (unpaired) electrons. The average molecular weight is 300 g/mol. The summed E-state index contributed by atoms with van der Waals surface area (Å²) in [4.78, 5) is 11.4. The van der Waals surface area contributed by atoms with Gasteiger partial charge in [0.25, 0.3) is 0 Å². The van der Waals surface area contributed by atoms with E-state index in [2.05, 4.69) is 6.92 Å². The van der Waals surface area contributed by atoms with Crippen molar-refractivity contribution in [1.29, 1.82) is 0 Å². The second-order valence-electron chi connectivity index (χ2n) is 6.04. The van der Waals surface area contributed by atoms with Crippen molar-refractivity contribution in [2.75, 3.05) is 0 Å². The highest BCUT2D eigenvalue weighted by Crippen LogP contribution is 2.42. The zero-order valence-corrected chi connectivity index (χ0v) is 12.1. The second kappa shape index (κ2) is 5.70. The van der Waals surface area contributed by atoms with E-state index in [1.807, 2.05) is 0 Å². The monoisotopic (exact) mass is 300 g/mol. The number of hydrogen-bond donors (Lipinski definition) is 1. The normalized spacial score (nSPS) is 26.6. The summed E-state index contributed by atoms with van der Waals surface area (Å²) >= 11 is 0. The van der Waals surface area contributed by atoms with Crippen LogP contribution in [0.15, 0.2) is 18.2 Å². The lowest BCUT2D eigenvalue weighted by molar-refractivity contribution is -0.144. The largest absolute Gasteiger partial charge is 0.481 e. The first-order valence-corrected chi connectivity index (χ1v) is 7.10. The Labute approximate surface area is 122 Å². The van der Waals surface area contributed by atoms with Crippen LogP contribution in [0.2, 0.25) is 0 Å². The average Bonchev–Trinajstić information content (AvgIpc) is 2.37. The van der Waals surface area contributed by atoms with Crippen LogP contribution < -0.4 is 0 Å². The molecule has 3 unspecified atom stereocenters. The van der Waals surface area contributed by atoms with E-state index in [-0.39, 0.29) is 5.92 Å². The predicted molar refractivity (Wildman–Crippen MR) is 73.1 cm³/mol. The standard InChI is InChI=1S/C16H19F3O2/c1-9-3-5-13(15(20)21)14(7-9)12-6-4-11(8-10(12)2)16(17,18)19/h4,6,8-9,13-14H,3,5,7H2,1-2H3,(H,20,21). The maximum atomic E-state index is 12.7. The lowest BCUT2D eigenvalue weighted by atomic mass is 9.70. The number of halogens is 3. The van der Waals surface area contributed by atoms with Gasteiger partial charge < -0.3 is 5.11 Å². The molecule has 0 aromatic heterocycles. The molecule has 21 heavy (non-hydrogen) atoms. The first-order chi connectivity index (χ1) is 9.70. The molecular weight excluding hydrogens is 281 g/mol. The number of aliphatic carboxylic acids is 1. The zero-order valence-electron chi connectivity index (χ0n) is 12.1. The van der Waals surface area contributed by atoms with E-state index in [4.69, 9.17) is 0 Å². The van der Waals surface area contributed by atoms with Crippen LogP contribution in [0.25, 0.3) is 0 Å². The number of carboxylic acids is 1. The van der Waals surface area contributed by atoms with Crippen molar-refractivity contribution in [3.05, 3.63) is 34.9 Å². The summed E-state index contributed by atoms with van der Waals surface area (Å²) in [5.74, 6) is -1.16. The fraction of sp³-hybridized carbons (Fsp3) is 0.562. The Morgan fingerprint density at radius 2 is 1.95 bits per heavy atom. The molecule has 1 aliphatic carbocycles. The minimum Gasteiger partial charge on any atom is -0.481 e. The molecule has 2 nitrogen and oxygen atoms in total. The Morgan fingerprint density at radius 1 is 1.29 bits per heavy atom. The number of benzene rings is 1. The van der Waals surface area contributed by atoms with Crippen LogP contribution in [0, 0.1) is 18.8 Å². The molecule has 0 amide bonds. The third-order valence-electron chi connectivity index (χ3n) is 4.43. The number of carboxylic acid groups (broad SMARTS) is 1. The molecule has 3 atom stereocenters. The molecule has 1 saturated carbocycles. The summed E-state index contributed by atoms with van der Waals surface area (Å²) in [6, 6.07) is 3.63. The van der Waals surface area contributed by atoms with Crippen LogP contribution in [0.4, 0.5) is 13.2 Å². The van der Waals surface area contributed by atoms with Gasteiger partial charge in [-0.15, -0.1) is 0 Å². The first kappa shape index (κ1) is 15.9. The zero-order chi connectivity index (χ0) is 15.8. The Kier molecular flexibility index (Phi) is 4.30. The van der Waals surface area contributed by atoms with Crippen LogP contribution in [0.1, 0.15) is 48.8 Å². The van der Waals surface area contributed by atoms with Crippen LogP contribution in [0.3, 0.4) is 0 Å². The highest BCUT2D eigenvalue weighted by Gasteiger charge is 2.36. The number of carbonyl (C=O) groups is 1. The van der Waals surface area contributed by atoms with E-state index in [0.29, 0.717) is 24.3 Å². The van der Waals surface area contributed by atoms with Gasteiger partial charge in [0, 0.05) is 0 Å². The molecule has 1 fully saturated rings. The molecule has 1 aliphatic rings. The van der Waals surface area contributed by atoms with Crippen LogP contribution >= 0.6 is 0 Å². The molecule has 1 N–H and O–H groups in total. The lowest BCUT2D eigenvalue weighted by Crippen LogP contribution is -2.29. The number of rotatable bonds is 2. The maximum Gasteiger partial charge on any atom is 0.416 e. The fourth-order valence-electron chi connectivity index (χ4n) is 3.29. The molecule has 116 valence electrons. The maximum absolute atomic E-state index is 12.7. The van der Waals surface area contributed by atoms with Crippen molar-refractivity contribution in [3.63, 3.8) is 0 Å². The predicted octanol–water partition coefficient (Wildman–Crippen LogP) is 4.62. The van der Waals surface area contributed by atoms with E-state index in [1.165, 1.54) is 6.07 Å². The highest BCUT2D eigenvalue weighted by atomic mass is 19.4. The van der Waals surface area contributed by atoms with Crippen molar-refractivity contribution in [1.82, 2.24) is 0 Å². The number of hydrogen-bond acceptors (Lipinski definition) is 1. The molecule has 1 aromatic rings. The fourth-order valence-corrected chi connectivity index (χ4v) is 3.29. The van der Waals surface area contributed by atoms with E-state index in [1.54, 1.807) is 6.92 Å². The summed E-state index contributed by atoms with van der Waals surface area (Å²) in [7, 11) is 0.